The number of primary sulfonamides is 1. The van der Waals surface area contributed by atoms with Crippen LogP contribution in [0.15, 0.2) is 29.3 Å². The normalized spacial score (nSPS) is 11.9. The van der Waals surface area contributed by atoms with Gasteiger partial charge in [0.25, 0.3) is 5.69 Å². The van der Waals surface area contributed by atoms with Crippen LogP contribution >= 0.6 is 0 Å². The lowest BCUT2D eigenvalue weighted by atomic mass is 10.2. The molecule has 17 heavy (non-hydrogen) atoms. The smallest absolute Gasteiger partial charge is 0.280 e. The molecule has 1 heterocycles. The van der Waals surface area contributed by atoms with Crippen molar-refractivity contribution < 1.29 is 13.3 Å². The zero-order valence-electron chi connectivity index (χ0n) is 8.82. The number of nitro benzene ring substituents is 1. The van der Waals surface area contributed by atoms with E-state index in [9.17, 15) is 18.5 Å². The third-order valence-corrected chi connectivity index (χ3v) is 3.38. The minimum absolute atomic E-state index is 0.0440. The fourth-order valence-electron chi connectivity index (χ4n) is 1.75. The fraction of sp³-hybridized carbons (Fsp3) is 0.111. The van der Waals surface area contributed by atoms with Gasteiger partial charge in [0, 0.05) is 19.3 Å². The van der Waals surface area contributed by atoms with E-state index in [4.69, 9.17) is 5.14 Å². The van der Waals surface area contributed by atoms with Gasteiger partial charge in [0.1, 0.15) is 4.90 Å². The molecule has 0 aliphatic heterocycles. The van der Waals surface area contributed by atoms with E-state index in [-0.39, 0.29) is 16.0 Å². The van der Waals surface area contributed by atoms with Gasteiger partial charge in [-0.3, -0.25) is 10.1 Å². The summed E-state index contributed by atoms with van der Waals surface area (Å²) < 4.78 is 24.2. The summed E-state index contributed by atoms with van der Waals surface area (Å²) in [6.07, 6.45) is 1.27. The molecule has 0 saturated heterocycles. The number of fused-ring (bicyclic) bond motifs is 1. The van der Waals surface area contributed by atoms with E-state index < -0.39 is 14.9 Å². The van der Waals surface area contributed by atoms with Crippen molar-refractivity contribution in [2.75, 3.05) is 0 Å². The number of rotatable bonds is 2. The Morgan fingerprint density at radius 1 is 1.41 bits per heavy atom. The van der Waals surface area contributed by atoms with Gasteiger partial charge in [0.15, 0.2) is 0 Å². The predicted octanol–water partition coefficient (Wildman–Crippen LogP) is 0.734. The van der Waals surface area contributed by atoms with Gasteiger partial charge in [-0.05, 0) is 6.07 Å². The van der Waals surface area contributed by atoms with Gasteiger partial charge in [-0.1, -0.05) is 6.07 Å². The van der Waals surface area contributed by atoms with Crippen LogP contribution in [0.5, 0.6) is 0 Å². The molecule has 7 nitrogen and oxygen atoms in total. The quantitative estimate of drug-likeness (QED) is 0.630. The molecule has 0 aliphatic carbocycles. The first-order valence-corrected chi connectivity index (χ1v) is 6.12. The number of aromatic nitrogens is 1. The van der Waals surface area contributed by atoms with Crippen molar-refractivity contribution in [3.63, 3.8) is 0 Å². The van der Waals surface area contributed by atoms with Crippen LogP contribution in [0, 0.1) is 10.1 Å². The summed E-state index contributed by atoms with van der Waals surface area (Å²) in [5.41, 5.74) is 0.176. The van der Waals surface area contributed by atoms with Crippen molar-refractivity contribution in [3.8, 4) is 0 Å². The van der Waals surface area contributed by atoms with Crippen LogP contribution in [0.2, 0.25) is 0 Å². The highest BCUT2D eigenvalue weighted by molar-refractivity contribution is 7.89. The molecular weight excluding hydrogens is 246 g/mol. The summed E-state index contributed by atoms with van der Waals surface area (Å²) in [7, 11) is -2.39. The average Bonchev–Trinajstić information content (AvgIpc) is 2.56. The van der Waals surface area contributed by atoms with E-state index in [0.717, 1.165) is 0 Å². The molecule has 0 amide bonds. The maximum atomic E-state index is 11.4. The number of nitro groups is 1. The lowest BCUT2D eigenvalue weighted by Gasteiger charge is -1.97. The third kappa shape index (κ3) is 1.77. The van der Waals surface area contributed by atoms with Gasteiger partial charge in [-0.2, -0.15) is 0 Å². The largest absolute Gasteiger partial charge is 0.349 e. The van der Waals surface area contributed by atoms with Crippen molar-refractivity contribution in [1.29, 1.82) is 0 Å². The Kier molecular flexibility index (Phi) is 2.40. The van der Waals surface area contributed by atoms with E-state index in [1.54, 1.807) is 13.1 Å². The van der Waals surface area contributed by atoms with Gasteiger partial charge in [-0.15, -0.1) is 0 Å². The maximum Gasteiger partial charge on any atom is 0.280 e. The van der Waals surface area contributed by atoms with Crippen LogP contribution in [-0.2, 0) is 17.1 Å². The van der Waals surface area contributed by atoms with Gasteiger partial charge in [-0.25, -0.2) is 13.6 Å². The molecule has 0 radical (unpaired) electrons. The molecule has 0 spiro atoms. The Morgan fingerprint density at radius 3 is 2.59 bits per heavy atom. The van der Waals surface area contributed by atoms with Crippen molar-refractivity contribution >= 4 is 26.6 Å². The number of hydrogen-bond donors (Lipinski definition) is 1. The fourth-order valence-corrected chi connectivity index (χ4v) is 2.55. The van der Waals surface area contributed by atoms with Crippen molar-refractivity contribution in [2.45, 2.75) is 4.90 Å². The molecule has 2 aromatic rings. The summed E-state index contributed by atoms with van der Waals surface area (Å²) in [5.74, 6) is 0. The molecule has 0 aliphatic rings. The first kappa shape index (κ1) is 11.6. The zero-order valence-corrected chi connectivity index (χ0v) is 9.64. The topological polar surface area (TPSA) is 108 Å². The summed E-state index contributed by atoms with van der Waals surface area (Å²) in [4.78, 5) is 10.0. The number of aryl methyl sites for hydroxylation is 1. The monoisotopic (exact) mass is 255 g/mol. The minimum Gasteiger partial charge on any atom is -0.349 e. The molecule has 2 rings (SSSR count). The maximum absolute atomic E-state index is 11.4. The minimum atomic E-state index is -3.99. The van der Waals surface area contributed by atoms with E-state index in [1.807, 2.05) is 0 Å². The standard InChI is InChI=1S/C9H9N3O4S/c1-11-5-8(17(10,15)16)9-6(11)3-2-4-7(9)12(13)14/h2-5H,1H3,(H2,10,15,16). The zero-order chi connectivity index (χ0) is 12.8. The highest BCUT2D eigenvalue weighted by atomic mass is 32.2. The van der Waals surface area contributed by atoms with E-state index in [0.29, 0.717) is 5.52 Å². The molecule has 1 aromatic heterocycles. The van der Waals surface area contributed by atoms with Crippen LogP contribution in [-0.4, -0.2) is 17.9 Å². The van der Waals surface area contributed by atoms with E-state index in [2.05, 4.69) is 0 Å². The van der Waals surface area contributed by atoms with E-state index in [1.165, 1.54) is 22.9 Å². The second kappa shape index (κ2) is 3.54. The number of nitrogens with zero attached hydrogens (tertiary/aromatic N) is 2. The van der Waals surface area contributed by atoms with Gasteiger partial charge in [0.2, 0.25) is 10.0 Å². The average molecular weight is 255 g/mol. The Hall–Kier alpha value is -1.93. The molecule has 8 heteroatoms. The molecule has 90 valence electrons. The lowest BCUT2D eigenvalue weighted by Crippen LogP contribution is -2.11. The number of benzene rings is 1. The van der Waals surface area contributed by atoms with Crippen LogP contribution < -0.4 is 5.14 Å². The lowest BCUT2D eigenvalue weighted by molar-refractivity contribution is -0.383. The molecule has 0 unspecified atom stereocenters. The molecular formula is C9H9N3O4S. The van der Waals surface area contributed by atoms with Gasteiger partial charge in [0.05, 0.1) is 15.8 Å². The van der Waals surface area contributed by atoms with E-state index >= 15 is 0 Å². The molecule has 1 aromatic carbocycles. The SMILES string of the molecule is Cn1cc(S(N)(=O)=O)c2c([N+](=O)[O-])cccc21. The number of sulfonamides is 1. The summed E-state index contributed by atoms with van der Waals surface area (Å²) in [5, 5.41) is 15.9. The van der Waals surface area contributed by atoms with Crippen LogP contribution in [0.3, 0.4) is 0 Å². The van der Waals surface area contributed by atoms with Gasteiger partial charge >= 0.3 is 0 Å². The molecule has 2 N–H and O–H groups in total. The first-order chi connectivity index (χ1) is 7.82. The van der Waals surface area contributed by atoms with Crippen LogP contribution in [0.1, 0.15) is 0 Å². The summed E-state index contributed by atoms with van der Waals surface area (Å²) >= 11 is 0. The van der Waals surface area contributed by atoms with Crippen LogP contribution in [0.4, 0.5) is 5.69 Å². The molecule has 0 atom stereocenters. The number of non-ortho nitro benzene ring substituents is 1. The van der Waals surface area contributed by atoms with Crippen LogP contribution in [0.25, 0.3) is 10.9 Å². The van der Waals surface area contributed by atoms with Crippen molar-refractivity contribution in [1.82, 2.24) is 4.57 Å². The van der Waals surface area contributed by atoms with Crippen molar-refractivity contribution in [3.05, 3.63) is 34.5 Å². The Balaban J connectivity index is 3.02. The van der Waals surface area contributed by atoms with Crippen molar-refractivity contribution in [2.24, 2.45) is 12.2 Å². The molecule has 0 bridgehead atoms. The molecule has 0 saturated carbocycles. The Labute approximate surface area is 96.7 Å². The Bertz CT molecular complexity index is 717. The summed E-state index contributed by atoms with van der Waals surface area (Å²) in [6, 6.07) is 4.33. The third-order valence-electron chi connectivity index (χ3n) is 2.46. The molecule has 0 fully saturated rings. The second-order valence-corrected chi connectivity index (χ2v) is 5.11. The summed E-state index contributed by atoms with van der Waals surface area (Å²) in [6.45, 7) is 0. The number of nitrogens with two attached hydrogens (primary N) is 1. The van der Waals surface area contributed by atoms with Gasteiger partial charge < -0.3 is 4.57 Å². The Morgan fingerprint density at radius 2 is 2.06 bits per heavy atom. The predicted molar refractivity (Wildman–Crippen MR) is 60.9 cm³/mol. The first-order valence-electron chi connectivity index (χ1n) is 4.57. The number of hydrogen-bond acceptors (Lipinski definition) is 4. The second-order valence-electron chi connectivity index (χ2n) is 3.58. The highest BCUT2D eigenvalue weighted by Crippen LogP contribution is 2.31. The highest BCUT2D eigenvalue weighted by Gasteiger charge is 2.23.